The van der Waals surface area contributed by atoms with Gasteiger partial charge in [-0.1, -0.05) is 0 Å². The summed E-state index contributed by atoms with van der Waals surface area (Å²) in [6.07, 6.45) is 2.38. The Morgan fingerprint density at radius 3 is 2.33 bits per heavy atom. The summed E-state index contributed by atoms with van der Waals surface area (Å²) in [6, 6.07) is 0. The Morgan fingerprint density at radius 1 is 1.14 bits per heavy atom. The molecule has 2 aliphatic heterocycles. The van der Waals surface area contributed by atoms with Crippen LogP contribution in [-0.2, 0) is 9.53 Å². The molecule has 3 rings (SSSR count). The van der Waals surface area contributed by atoms with Crippen molar-refractivity contribution in [2.24, 2.45) is 11.8 Å². The van der Waals surface area contributed by atoms with Crippen LogP contribution in [0, 0.1) is 11.8 Å². The predicted octanol–water partition coefficient (Wildman–Crippen LogP) is 1.60. The fourth-order valence-corrected chi connectivity index (χ4v) is 3.37. The summed E-state index contributed by atoms with van der Waals surface area (Å²) in [5.41, 5.74) is 0. The highest BCUT2D eigenvalue weighted by atomic mass is 19.3. The van der Waals surface area contributed by atoms with E-state index in [1.807, 2.05) is 4.90 Å². The molecule has 0 spiro atoms. The highest BCUT2D eigenvalue weighted by Crippen LogP contribution is 2.50. The molecule has 21 heavy (non-hydrogen) atoms. The first-order valence-electron chi connectivity index (χ1n) is 8.03. The van der Waals surface area contributed by atoms with Crippen molar-refractivity contribution in [1.82, 2.24) is 9.80 Å². The number of hydrogen-bond acceptors (Lipinski definition) is 3. The van der Waals surface area contributed by atoms with Gasteiger partial charge in [-0.05, 0) is 38.9 Å². The van der Waals surface area contributed by atoms with E-state index >= 15 is 0 Å². The molecule has 120 valence electrons. The van der Waals surface area contributed by atoms with Crippen molar-refractivity contribution in [2.45, 2.75) is 31.6 Å². The van der Waals surface area contributed by atoms with Crippen LogP contribution < -0.4 is 0 Å². The second kappa shape index (κ2) is 6.16. The fraction of sp³-hybridized carbons (Fsp3) is 0.933. The SMILES string of the molecule is O=C(C1CCN(CC[C@H]2CC2(F)F)CC1)N1CCOCC1. The van der Waals surface area contributed by atoms with Crippen LogP contribution in [0.2, 0.25) is 0 Å². The van der Waals surface area contributed by atoms with Crippen LogP contribution in [0.3, 0.4) is 0 Å². The van der Waals surface area contributed by atoms with Crippen LogP contribution >= 0.6 is 0 Å². The Balaban J connectivity index is 1.37. The molecule has 2 saturated heterocycles. The molecule has 0 aromatic rings. The number of amides is 1. The van der Waals surface area contributed by atoms with Crippen molar-refractivity contribution in [1.29, 1.82) is 0 Å². The third-order valence-electron chi connectivity index (χ3n) is 5.01. The summed E-state index contributed by atoms with van der Waals surface area (Å²) >= 11 is 0. The number of piperidine rings is 1. The Hall–Kier alpha value is -0.750. The van der Waals surface area contributed by atoms with E-state index in [0.29, 0.717) is 32.7 Å². The van der Waals surface area contributed by atoms with E-state index in [2.05, 4.69) is 4.90 Å². The van der Waals surface area contributed by atoms with Crippen molar-refractivity contribution in [3.63, 3.8) is 0 Å². The topological polar surface area (TPSA) is 32.8 Å². The van der Waals surface area contributed by atoms with E-state index in [-0.39, 0.29) is 18.2 Å². The molecule has 4 nitrogen and oxygen atoms in total. The summed E-state index contributed by atoms with van der Waals surface area (Å²) in [5, 5.41) is 0. The highest BCUT2D eigenvalue weighted by molar-refractivity contribution is 5.79. The third-order valence-corrected chi connectivity index (χ3v) is 5.01. The first-order chi connectivity index (χ1) is 10.1. The summed E-state index contributed by atoms with van der Waals surface area (Å²) in [6.45, 7) is 5.16. The molecule has 0 aromatic carbocycles. The van der Waals surface area contributed by atoms with Gasteiger partial charge in [0, 0.05) is 31.3 Å². The van der Waals surface area contributed by atoms with Crippen LogP contribution in [-0.4, -0.2) is 67.6 Å². The lowest BCUT2D eigenvalue weighted by Crippen LogP contribution is -2.46. The Bertz CT molecular complexity index is 378. The molecule has 3 fully saturated rings. The molecule has 6 heteroatoms. The van der Waals surface area contributed by atoms with Crippen LogP contribution in [0.4, 0.5) is 8.78 Å². The lowest BCUT2D eigenvalue weighted by Gasteiger charge is -2.35. The standard InChI is InChI=1S/C15H24F2N2O2/c16-15(17)11-13(15)3-6-18-4-1-12(2-5-18)14(20)19-7-9-21-10-8-19/h12-13H,1-11H2/t13-/m0/s1. The minimum Gasteiger partial charge on any atom is -0.378 e. The summed E-state index contributed by atoms with van der Waals surface area (Å²) in [5.74, 6) is -2.43. The molecular weight excluding hydrogens is 278 g/mol. The smallest absolute Gasteiger partial charge is 0.251 e. The second-order valence-electron chi connectivity index (χ2n) is 6.50. The van der Waals surface area contributed by atoms with Gasteiger partial charge < -0.3 is 14.5 Å². The molecule has 1 saturated carbocycles. The zero-order valence-corrected chi connectivity index (χ0v) is 12.4. The van der Waals surface area contributed by atoms with Gasteiger partial charge in [0.25, 0.3) is 5.92 Å². The lowest BCUT2D eigenvalue weighted by molar-refractivity contribution is -0.141. The Labute approximate surface area is 124 Å². The molecule has 1 aliphatic carbocycles. The lowest BCUT2D eigenvalue weighted by atomic mass is 9.95. The molecule has 3 aliphatic rings. The average Bonchev–Trinajstić information content (AvgIpc) is 3.13. The molecule has 2 heterocycles. The Morgan fingerprint density at radius 2 is 1.76 bits per heavy atom. The molecule has 0 bridgehead atoms. The fourth-order valence-electron chi connectivity index (χ4n) is 3.37. The van der Waals surface area contributed by atoms with E-state index in [1.54, 1.807) is 0 Å². The number of nitrogens with zero attached hydrogens (tertiary/aromatic N) is 2. The van der Waals surface area contributed by atoms with Crippen LogP contribution in [0.5, 0.6) is 0 Å². The summed E-state index contributed by atoms with van der Waals surface area (Å²) < 4.78 is 31.0. The highest BCUT2D eigenvalue weighted by Gasteiger charge is 2.56. The van der Waals surface area contributed by atoms with E-state index in [4.69, 9.17) is 4.74 Å². The van der Waals surface area contributed by atoms with E-state index in [0.717, 1.165) is 32.5 Å². The van der Waals surface area contributed by atoms with E-state index in [1.165, 1.54) is 0 Å². The number of ether oxygens (including phenoxy) is 1. The maximum atomic E-state index is 12.8. The number of rotatable bonds is 4. The number of alkyl halides is 2. The molecule has 0 aromatic heterocycles. The van der Waals surface area contributed by atoms with Crippen LogP contribution in [0.15, 0.2) is 0 Å². The molecule has 0 unspecified atom stereocenters. The molecule has 0 N–H and O–H groups in total. The molecular formula is C15H24F2N2O2. The van der Waals surface area contributed by atoms with Crippen molar-refractivity contribution in [2.75, 3.05) is 45.9 Å². The first-order valence-corrected chi connectivity index (χ1v) is 8.03. The van der Waals surface area contributed by atoms with Gasteiger partial charge in [0.05, 0.1) is 13.2 Å². The quantitative estimate of drug-likeness (QED) is 0.791. The van der Waals surface area contributed by atoms with Crippen molar-refractivity contribution < 1.29 is 18.3 Å². The van der Waals surface area contributed by atoms with Crippen molar-refractivity contribution >= 4 is 5.91 Å². The summed E-state index contributed by atoms with van der Waals surface area (Å²) in [7, 11) is 0. The maximum absolute atomic E-state index is 12.8. The minimum absolute atomic E-state index is 0.0684. The van der Waals surface area contributed by atoms with Gasteiger partial charge in [-0.3, -0.25) is 4.79 Å². The minimum atomic E-state index is -2.40. The number of carbonyl (C=O) groups is 1. The van der Waals surface area contributed by atoms with Crippen molar-refractivity contribution in [3.05, 3.63) is 0 Å². The molecule has 1 atom stereocenters. The monoisotopic (exact) mass is 302 g/mol. The average molecular weight is 302 g/mol. The number of carbonyl (C=O) groups excluding carboxylic acids is 1. The van der Waals surface area contributed by atoms with Crippen LogP contribution in [0.25, 0.3) is 0 Å². The first kappa shape index (κ1) is 15.2. The largest absolute Gasteiger partial charge is 0.378 e. The number of hydrogen-bond donors (Lipinski definition) is 0. The molecule has 1 amide bonds. The second-order valence-corrected chi connectivity index (χ2v) is 6.50. The molecule has 0 radical (unpaired) electrons. The Kier molecular flexibility index (Phi) is 4.45. The number of likely N-dealkylation sites (tertiary alicyclic amines) is 1. The van der Waals surface area contributed by atoms with Gasteiger partial charge in [0.1, 0.15) is 0 Å². The zero-order valence-electron chi connectivity index (χ0n) is 12.4. The van der Waals surface area contributed by atoms with Gasteiger partial charge in [-0.2, -0.15) is 0 Å². The van der Waals surface area contributed by atoms with E-state index in [9.17, 15) is 13.6 Å². The van der Waals surface area contributed by atoms with Crippen LogP contribution in [0.1, 0.15) is 25.7 Å². The van der Waals surface area contributed by atoms with Gasteiger partial charge in [-0.25, -0.2) is 8.78 Å². The summed E-state index contributed by atoms with van der Waals surface area (Å²) in [4.78, 5) is 16.5. The number of morpholine rings is 1. The predicted molar refractivity (Wildman–Crippen MR) is 74.2 cm³/mol. The van der Waals surface area contributed by atoms with Gasteiger partial charge in [0.15, 0.2) is 0 Å². The maximum Gasteiger partial charge on any atom is 0.251 e. The third kappa shape index (κ3) is 3.72. The number of halogens is 2. The zero-order chi connectivity index (χ0) is 14.9. The van der Waals surface area contributed by atoms with Gasteiger partial charge >= 0.3 is 0 Å². The van der Waals surface area contributed by atoms with E-state index < -0.39 is 11.8 Å². The van der Waals surface area contributed by atoms with Crippen molar-refractivity contribution in [3.8, 4) is 0 Å². The van der Waals surface area contributed by atoms with Gasteiger partial charge in [0.2, 0.25) is 5.91 Å². The normalized spacial score (nSPS) is 30.4. The van der Waals surface area contributed by atoms with Gasteiger partial charge in [-0.15, -0.1) is 0 Å².